The molecule has 1 aromatic carbocycles. The molecule has 0 spiro atoms. The first-order valence-corrected chi connectivity index (χ1v) is 8.06. The summed E-state index contributed by atoms with van der Waals surface area (Å²) in [7, 11) is 0. The van der Waals surface area contributed by atoms with Crippen LogP contribution in [0.2, 0.25) is 0 Å². The lowest BCUT2D eigenvalue weighted by Gasteiger charge is -2.10. The molecule has 0 aliphatic carbocycles. The van der Waals surface area contributed by atoms with Gasteiger partial charge < -0.3 is 15.2 Å². The zero-order valence-corrected chi connectivity index (χ0v) is 12.4. The van der Waals surface area contributed by atoms with Crippen molar-refractivity contribution in [3.05, 3.63) is 18.2 Å². The third-order valence-electron chi connectivity index (χ3n) is 3.23. The summed E-state index contributed by atoms with van der Waals surface area (Å²) in [6, 6.07) is 6.56. The van der Waals surface area contributed by atoms with Gasteiger partial charge in [-0.05, 0) is 43.2 Å². The van der Waals surface area contributed by atoms with Crippen molar-refractivity contribution in [2.24, 2.45) is 5.73 Å². The Balaban J connectivity index is 1.82. The number of nitrogens with two attached hydrogens (primary N) is 1. The van der Waals surface area contributed by atoms with Crippen molar-refractivity contribution in [1.29, 1.82) is 0 Å². The lowest BCUT2D eigenvalue weighted by molar-refractivity contribution is 0.297. The van der Waals surface area contributed by atoms with E-state index in [9.17, 15) is 0 Å². The summed E-state index contributed by atoms with van der Waals surface area (Å²) >= 11 is 1.86. The molecule has 1 unspecified atom stereocenters. The second kappa shape index (κ2) is 7.65. The molecule has 1 atom stereocenters. The van der Waals surface area contributed by atoms with Crippen LogP contribution in [0.5, 0.6) is 11.5 Å². The molecule has 1 aliphatic rings. The van der Waals surface area contributed by atoms with Crippen LogP contribution in [0.3, 0.4) is 0 Å². The van der Waals surface area contributed by atoms with E-state index in [1.54, 1.807) is 0 Å². The predicted octanol–water partition coefficient (Wildman–Crippen LogP) is 3.46. The van der Waals surface area contributed by atoms with Crippen LogP contribution in [0.15, 0.2) is 23.1 Å². The number of benzene rings is 1. The van der Waals surface area contributed by atoms with Gasteiger partial charge in [0, 0.05) is 17.4 Å². The first kappa shape index (κ1) is 14.5. The fraction of sp³-hybridized carbons (Fsp3) is 0.600. The smallest absolute Gasteiger partial charge is 0.162 e. The Hall–Kier alpha value is -0.870. The van der Waals surface area contributed by atoms with E-state index in [4.69, 9.17) is 15.2 Å². The number of hydrogen-bond acceptors (Lipinski definition) is 4. The Morgan fingerprint density at radius 2 is 2.05 bits per heavy atom. The van der Waals surface area contributed by atoms with Crippen LogP contribution in [0.25, 0.3) is 0 Å². The van der Waals surface area contributed by atoms with Crippen LogP contribution in [0.1, 0.15) is 32.6 Å². The Kier molecular flexibility index (Phi) is 5.86. The van der Waals surface area contributed by atoms with E-state index < -0.39 is 0 Å². The monoisotopic (exact) mass is 281 g/mol. The Bertz CT molecular complexity index is 398. The molecule has 0 aromatic heterocycles. The normalized spacial score (nSPS) is 15.9. The third kappa shape index (κ3) is 4.62. The van der Waals surface area contributed by atoms with Gasteiger partial charge in [0.25, 0.3) is 0 Å². The highest BCUT2D eigenvalue weighted by atomic mass is 32.2. The Morgan fingerprint density at radius 3 is 2.84 bits per heavy atom. The average Bonchev–Trinajstić information content (AvgIpc) is 2.68. The highest BCUT2D eigenvalue weighted by Crippen LogP contribution is 2.34. The molecule has 0 amide bonds. The maximum absolute atomic E-state index is 5.92. The molecule has 1 aliphatic heterocycles. The molecule has 0 fully saturated rings. The summed E-state index contributed by atoms with van der Waals surface area (Å²) in [5.74, 6) is 2.86. The molecule has 3 nitrogen and oxygen atoms in total. The molecule has 19 heavy (non-hydrogen) atoms. The van der Waals surface area contributed by atoms with Crippen molar-refractivity contribution in [3.63, 3.8) is 0 Å². The molecular formula is C15H23NO2S. The zero-order chi connectivity index (χ0) is 13.5. The van der Waals surface area contributed by atoms with Crippen molar-refractivity contribution in [3.8, 4) is 11.5 Å². The molecule has 0 saturated heterocycles. The van der Waals surface area contributed by atoms with Gasteiger partial charge in [-0.15, -0.1) is 11.8 Å². The minimum absolute atomic E-state index is 0.351. The lowest BCUT2D eigenvalue weighted by atomic mass is 10.1. The number of ether oxygens (including phenoxy) is 2. The minimum atomic E-state index is 0.351. The maximum atomic E-state index is 5.92. The SMILES string of the molecule is CCC(N)CCCSc1ccc2c(c1)OCCCO2. The van der Waals surface area contributed by atoms with E-state index in [0.29, 0.717) is 6.04 Å². The van der Waals surface area contributed by atoms with Crippen LogP contribution in [0.4, 0.5) is 0 Å². The van der Waals surface area contributed by atoms with Gasteiger partial charge in [-0.3, -0.25) is 0 Å². The molecule has 0 radical (unpaired) electrons. The minimum Gasteiger partial charge on any atom is -0.490 e. The summed E-state index contributed by atoms with van der Waals surface area (Å²) < 4.78 is 11.3. The van der Waals surface area contributed by atoms with E-state index in [2.05, 4.69) is 19.1 Å². The zero-order valence-electron chi connectivity index (χ0n) is 11.6. The first-order valence-electron chi connectivity index (χ1n) is 7.07. The van der Waals surface area contributed by atoms with Crippen molar-refractivity contribution in [1.82, 2.24) is 0 Å². The molecule has 2 rings (SSSR count). The van der Waals surface area contributed by atoms with Gasteiger partial charge in [0.15, 0.2) is 11.5 Å². The summed E-state index contributed by atoms with van der Waals surface area (Å²) in [5, 5.41) is 0. The van der Waals surface area contributed by atoms with E-state index in [1.165, 1.54) is 4.90 Å². The standard InChI is InChI=1S/C15H23NO2S/c1-2-12(16)5-3-10-19-13-6-7-14-15(11-13)18-9-4-8-17-14/h6-7,11-12H,2-5,8-10,16H2,1H3. The van der Waals surface area contributed by atoms with Crippen molar-refractivity contribution in [2.75, 3.05) is 19.0 Å². The van der Waals surface area contributed by atoms with Crippen molar-refractivity contribution >= 4 is 11.8 Å². The fourth-order valence-corrected chi connectivity index (χ4v) is 2.87. The highest BCUT2D eigenvalue weighted by molar-refractivity contribution is 7.99. The van der Waals surface area contributed by atoms with E-state index >= 15 is 0 Å². The van der Waals surface area contributed by atoms with Gasteiger partial charge in [0.05, 0.1) is 13.2 Å². The van der Waals surface area contributed by atoms with Gasteiger partial charge in [0.2, 0.25) is 0 Å². The summed E-state index contributed by atoms with van der Waals surface area (Å²) in [5.41, 5.74) is 5.92. The Labute approximate surface area is 119 Å². The van der Waals surface area contributed by atoms with Gasteiger partial charge in [0.1, 0.15) is 0 Å². The molecule has 4 heteroatoms. The second-order valence-corrected chi connectivity index (χ2v) is 5.99. The van der Waals surface area contributed by atoms with Crippen molar-refractivity contribution in [2.45, 2.75) is 43.5 Å². The first-order chi connectivity index (χ1) is 9.29. The van der Waals surface area contributed by atoms with Crippen LogP contribution < -0.4 is 15.2 Å². The molecule has 2 N–H and O–H groups in total. The molecule has 1 heterocycles. The molecular weight excluding hydrogens is 258 g/mol. The van der Waals surface area contributed by atoms with E-state index in [-0.39, 0.29) is 0 Å². The fourth-order valence-electron chi connectivity index (χ4n) is 1.97. The third-order valence-corrected chi connectivity index (χ3v) is 4.31. The van der Waals surface area contributed by atoms with E-state index in [0.717, 1.165) is 56.1 Å². The number of hydrogen-bond donors (Lipinski definition) is 1. The quantitative estimate of drug-likeness (QED) is 0.640. The van der Waals surface area contributed by atoms with Gasteiger partial charge in [-0.2, -0.15) is 0 Å². The maximum Gasteiger partial charge on any atom is 0.162 e. The number of fused-ring (bicyclic) bond motifs is 1. The van der Waals surface area contributed by atoms with Gasteiger partial charge >= 0.3 is 0 Å². The Morgan fingerprint density at radius 1 is 1.26 bits per heavy atom. The summed E-state index contributed by atoms with van der Waals surface area (Å²) in [6.45, 7) is 3.63. The molecule has 0 bridgehead atoms. The molecule has 0 saturated carbocycles. The lowest BCUT2D eigenvalue weighted by Crippen LogP contribution is -2.18. The van der Waals surface area contributed by atoms with Crippen LogP contribution >= 0.6 is 11.8 Å². The van der Waals surface area contributed by atoms with Crippen LogP contribution in [0, 0.1) is 0 Å². The predicted molar refractivity (Wildman–Crippen MR) is 80.3 cm³/mol. The average molecular weight is 281 g/mol. The van der Waals surface area contributed by atoms with Gasteiger partial charge in [-0.25, -0.2) is 0 Å². The second-order valence-electron chi connectivity index (χ2n) is 4.82. The summed E-state index contributed by atoms with van der Waals surface area (Å²) in [6.07, 6.45) is 4.28. The van der Waals surface area contributed by atoms with Crippen molar-refractivity contribution < 1.29 is 9.47 Å². The summed E-state index contributed by atoms with van der Waals surface area (Å²) in [4.78, 5) is 1.24. The van der Waals surface area contributed by atoms with Gasteiger partial charge in [-0.1, -0.05) is 6.92 Å². The largest absolute Gasteiger partial charge is 0.490 e. The van der Waals surface area contributed by atoms with Crippen LogP contribution in [-0.2, 0) is 0 Å². The van der Waals surface area contributed by atoms with Crippen LogP contribution in [-0.4, -0.2) is 25.0 Å². The number of rotatable bonds is 6. The van der Waals surface area contributed by atoms with E-state index in [1.807, 2.05) is 17.8 Å². The number of thioether (sulfide) groups is 1. The highest BCUT2D eigenvalue weighted by Gasteiger charge is 2.10. The topological polar surface area (TPSA) is 44.5 Å². The molecule has 106 valence electrons. The molecule has 1 aromatic rings.